The molecule has 0 saturated heterocycles. The first-order valence-electron chi connectivity index (χ1n) is 12.5. The van der Waals surface area contributed by atoms with E-state index in [2.05, 4.69) is 36.5 Å². The summed E-state index contributed by atoms with van der Waals surface area (Å²) >= 11 is 0. The fourth-order valence-electron chi connectivity index (χ4n) is 4.05. The van der Waals surface area contributed by atoms with Crippen LogP contribution in [0.4, 0.5) is 13.2 Å². The Kier molecular flexibility index (Phi) is 9.33. The number of carbonyl (C=O) groups is 1. The molecule has 0 aliphatic heterocycles. The van der Waals surface area contributed by atoms with E-state index in [0.29, 0.717) is 18.2 Å². The summed E-state index contributed by atoms with van der Waals surface area (Å²) in [5, 5.41) is 2.44. The number of carbonyl (C=O) groups excluding carboxylic acids is 1. The molecule has 210 valence electrons. The van der Waals surface area contributed by atoms with Gasteiger partial charge in [-0.1, -0.05) is 25.2 Å². The van der Waals surface area contributed by atoms with Gasteiger partial charge < -0.3 is 10.1 Å². The maximum absolute atomic E-state index is 14.3. The van der Waals surface area contributed by atoms with Gasteiger partial charge in [-0.2, -0.15) is 0 Å². The van der Waals surface area contributed by atoms with Crippen LogP contribution in [0.5, 0.6) is 0 Å². The Morgan fingerprint density at radius 1 is 1.15 bits per heavy atom. The lowest BCUT2D eigenvalue weighted by molar-refractivity contribution is -0.125. The molecule has 0 bridgehead atoms. The molecule has 2 heterocycles. The van der Waals surface area contributed by atoms with E-state index in [4.69, 9.17) is 4.74 Å². The molecule has 8 nitrogen and oxygen atoms in total. The van der Waals surface area contributed by atoms with Crippen LogP contribution >= 0.6 is 0 Å². The van der Waals surface area contributed by atoms with Crippen molar-refractivity contribution in [2.24, 2.45) is 0 Å². The first-order valence-corrected chi connectivity index (χ1v) is 16.2. The molecule has 1 unspecified atom stereocenters. The van der Waals surface area contributed by atoms with E-state index >= 15 is 0 Å². The highest BCUT2D eigenvalue weighted by Gasteiger charge is 2.29. The molecule has 0 fully saturated rings. The van der Waals surface area contributed by atoms with Crippen molar-refractivity contribution in [3.63, 3.8) is 0 Å². The van der Waals surface area contributed by atoms with E-state index in [1.807, 2.05) is 0 Å². The van der Waals surface area contributed by atoms with Crippen molar-refractivity contribution < 1.29 is 22.7 Å². The maximum Gasteiger partial charge on any atom is 0.334 e. The van der Waals surface area contributed by atoms with Crippen molar-refractivity contribution in [1.29, 1.82) is 0 Å². The number of ether oxygens (including phenoxy) is 1. The Balaban J connectivity index is 2.08. The lowest BCUT2D eigenvalue weighted by atomic mass is 10.1. The van der Waals surface area contributed by atoms with Crippen LogP contribution in [0, 0.1) is 17.5 Å². The molecule has 2 atom stereocenters. The van der Waals surface area contributed by atoms with Gasteiger partial charge in [-0.3, -0.25) is 19.1 Å². The van der Waals surface area contributed by atoms with Crippen molar-refractivity contribution >= 4 is 24.9 Å². The minimum Gasteiger partial charge on any atom is -0.361 e. The Hall–Kier alpha value is -3.51. The Labute approximate surface area is 225 Å². The predicted molar refractivity (Wildman–Crippen MR) is 146 cm³/mol. The zero-order chi connectivity index (χ0) is 29.1. The van der Waals surface area contributed by atoms with E-state index in [9.17, 15) is 27.6 Å². The molecule has 0 spiro atoms. The Morgan fingerprint density at radius 2 is 1.85 bits per heavy atom. The summed E-state index contributed by atoms with van der Waals surface area (Å²) in [6, 6.07) is 2.51. The second-order valence-electron chi connectivity index (χ2n) is 10.8. The third-order valence-electron chi connectivity index (χ3n) is 6.11. The molecule has 12 heteroatoms. The summed E-state index contributed by atoms with van der Waals surface area (Å²) in [6.45, 7) is 13.6. The molecule has 1 amide bonds. The van der Waals surface area contributed by atoms with E-state index in [0.717, 1.165) is 28.9 Å². The van der Waals surface area contributed by atoms with Crippen molar-refractivity contribution in [2.75, 3.05) is 6.61 Å². The highest BCUT2D eigenvalue weighted by Crippen LogP contribution is 2.20. The van der Waals surface area contributed by atoms with Crippen LogP contribution < -0.4 is 16.6 Å². The summed E-state index contributed by atoms with van der Waals surface area (Å²) in [5.74, 6) is -3.33. The highest BCUT2D eigenvalue weighted by atomic mass is 28.3. The summed E-state index contributed by atoms with van der Waals surface area (Å²) in [4.78, 5) is 44.4. The summed E-state index contributed by atoms with van der Waals surface area (Å²) in [6.07, 6.45) is 0.708. The maximum atomic E-state index is 14.3. The molecule has 0 aliphatic carbocycles. The van der Waals surface area contributed by atoms with Gasteiger partial charge >= 0.3 is 5.69 Å². The molecule has 1 N–H and O–H groups in total. The third kappa shape index (κ3) is 7.33. The normalized spacial score (nSPS) is 13.3. The number of hydrogen-bond acceptors (Lipinski definition) is 5. The number of amides is 1. The minimum absolute atomic E-state index is 0.107. The van der Waals surface area contributed by atoms with Crippen LogP contribution in [0.3, 0.4) is 0 Å². The molecule has 3 aromatic rings. The van der Waals surface area contributed by atoms with Gasteiger partial charge in [0.15, 0.2) is 0 Å². The van der Waals surface area contributed by atoms with Gasteiger partial charge in [0.2, 0.25) is 5.91 Å². The molecule has 39 heavy (non-hydrogen) atoms. The second kappa shape index (κ2) is 12.1. The molecule has 0 saturated carbocycles. The van der Waals surface area contributed by atoms with Crippen LogP contribution in [-0.2, 0) is 16.3 Å². The first-order chi connectivity index (χ1) is 18.2. The summed E-state index contributed by atoms with van der Waals surface area (Å²) in [7, 11) is -1.42. The van der Waals surface area contributed by atoms with Gasteiger partial charge in [0, 0.05) is 20.7 Å². The van der Waals surface area contributed by atoms with Crippen molar-refractivity contribution in [2.45, 2.75) is 64.8 Å². The largest absolute Gasteiger partial charge is 0.361 e. The number of nitrogens with zero attached hydrogens (tertiary/aromatic N) is 3. The number of hydrogen-bond donors (Lipinski definition) is 1. The zero-order valence-corrected chi connectivity index (χ0v) is 23.7. The fourth-order valence-corrected chi connectivity index (χ4v) is 4.81. The quantitative estimate of drug-likeness (QED) is 0.208. The van der Waals surface area contributed by atoms with Gasteiger partial charge in [-0.05, 0) is 44.5 Å². The average molecular weight is 563 g/mol. The molecule has 0 radical (unpaired) electrons. The molecule has 2 aromatic heterocycles. The Morgan fingerprint density at radius 3 is 2.46 bits per heavy atom. The van der Waals surface area contributed by atoms with Crippen LogP contribution in [0.25, 0.3) is 10.9 Å². The van der Waals surface area contributed by atoms with Crippen molar-refractivity contribution in [3.8, 4) is 0 Å². The first kappa shape index (κ1) is 30.0. The Bertz CT molecular complexity index is 1510. The van der Waals surface area contributed by atoms with E-state index < -0.39 is 54.8 Å². The van der Waals surface area contributed by atoms with Gasteiger partial charge in [-0.25, -0.2) is 22.5 Å². The number of halogens is 3. The molecular formula is C27H33F3N4O4Si. The van der Waals surface area contributed by atoms with Gasteiger partial charge in [0.25, 0.3) is 5.56 Å². The highest BCUT2D eigenvalue weighted by molar-refractivity contribution is 6.76. The number of benzene rings is 1. The van der Waals surface area contributed by atoms with Crippen molar-refractivity contribution in [3.05, 3.63) is 86.6 Å². The second-order valence-corrected chi connectivity index (χ2v) is 16.4. The monoisotopic (exact) mass is 562 g/mol. The lowest BCUT2D eigenvalue weighted by Crippen LogP contribution is -2.47. The van der Waals surface area contributed by atoms with Crippen LogP contribution in [0.2, 0.25) is 25.7 Å². The standard InChI is InChI=1S/C27H33F3N4O4Si/c1-16(2)11-23(25(35)32-17(3)24-21(30)13-19(29)14-31-24)34-26(36)20-12-18(28)7-8-22(20)33(27(34)37)15-38-9-10-39(4,5)6/h7-8,12-14,17,23H,1,9-11,15H2,2-6H3,(H,32,35)/t17-,23?/m1/s1. The van der Waals surface area contributed by atoms with E-state index in [1.54, 1.807) is 6.92 Å². The number of pyridine rings is 1. The van der Waals surface area contributed by atoms with E-state index in [1.165, 1.54) is 17.6 Å². The zero-order valence-electron chi connectivity index (χ0n) is 22.7. The predicted octanol–water partition coefficient (Wildman–Crippen LogP) is 4.67. The van der Waals surface area contributed by atoms with Gasteiger partial charge in [0.1, 0.15) is 30.2 Å². The topological polar surface area (TPSA) is 95.2 Å². The molecular weight excluding hydrogens is 529 g/mol. The molecule has 0 aliphatic rings. The summed E-state index contributed by atoms with van der Waals surface area (Å²) < 4.78 is 49.5. The van der Waals surface area contributed by atoms with Crippen LogP contribution in [-0.4, -0.2) is 34.7 Å². The average Bonchev–Trinajstić information content (AvgIpc) is 2.82. The van der Waals surface area contributed by atoms with Crippen LogP contribution in [0.15, 0.2) is 52.2 Å². The van der Waals surface area contributed by atoms with E-state index in [-0.39, 0.29) is 29.7 Å². The third-order valence-corrected chi connectivity index (χ3v) is 7.82. The van der Waals surface area contributed by atoms with Gasteiger partial charge in [0.05, 0.1) is 28.8 Å². The number of fused-ring (bicyclic) bond motifs is 1. The van der Waals surface area contributed by atoms with Gasteiger partial charge in [-0.15, -0.1) is 6.58 Å². The fraction of sp³-hybridized carbons (Fsp3) is 0.407. The van der Waals surface area contributed by atoms with Crippen LogP contribution in [0.1, 0.15) is 38.0 Å². The number of nitrogens with one attached hydrogen (secondary N) is 1. The number of aromatic nitrogens is 3. The molecule has 3 rings (SSSR count). The SMILES string of the molecule is C=C(C)CC(C(=O)N[C@H](C)c1ncc(F)cc1F)n1c(=O)c2cc(F)ccc2n(COCC[Si](C)(C)C)c1=O. The number of rotatable bonds is 11. The molecule has 1 aromatic carbocycles. The lowest BCUT2D eigenvalue weighted by Gasteiger charge is -2.23. The smallest absolute Gasteiger partial charge is 0.334 e. The minimum atomic E-state index is -1.42. The van der Waals surface area contributed by atoms with Crippen molar-refractivity contribution in [1.82, 2.24) is 19.4 Å². The number of allylic oxidation sites excluding steroid dienone is 1. The summed E-state index contributed by atoms with van der Waals surface area (Å²) in [5.41, 5.74) is -1.27.